The van der Waals surface area contributed by atoms with E-state index in [1.165, 1.54) is 36.1 Å². The molecule has 0 aliphatic carbocycles. The fourth-order valence-corrected chi connectivity index (χ4v) is 3.81. The molecule has 0 aliphatic rings. The molecule has 0 saturated carbocycles. The van der Waals surface area contributed by atoms with Crippen molar-refractivity contribution < 1.29 is 31.7 Å². The molecule has 29 heavy (non-hydrogen) atoms. The zero-order chi connectivity index (χ0) is 21.5. The van der Waals surface area contributed by atoms with Crippen LogP contribution in [0.2, 0.25) is 0 Å². The van der Waals surface area contributed by atoms with Crippen LogP contribution in [0.1, 0.15) is 23.2 Å². The van der Waals surface area contributed by atoms with E-state index in [4.69, 9.17) is 5.11 Å². The predicted octanol–water partition coefficient (Wildman–Crippen LogP) is 2.78. The maximum Gasteiger partial charge on any atom is 0.364 e. The number of hydrogen-bond donors (Lipinski definition) is 2. The van der Waals surface area contributed by atoms with Crippen LogP contribution in [-0.4, -0.2) is 38.8 Å². The van der Waals surface area contributed by atoms with Crippen molar-refractivity contribution in [1.29, 1.82) is 0 Å². The summed E-state index contributed by atoms with van der Waals surface area (Å²) >= 11 is 0. The summed E-state index contributed by atoms with van der Waals surface area (Å²) in [6.45, 7) is 1.51. The molecule has 0 spiro atoms. The number of anilines is 2. The Balaban J connectivity index is 2.31. The quantitative estimate of drug-likeness (QED) is 0.581. The maximum atomic E-state index is 13.2. The van der Waals surface area contributed by atoms with Crippen molar-refractivity contribution in [3.63, 3.8) is 0 Å². The third-order valence-electron chi connectivity index (χ3n) is 4.17. The lowest BCUT2D eigenvalue weighted by Crippen LogP contribution is -2.25. The molecule has 2 heterocycles. The summed E-state index contributed by atoms with van der Waals surface area (Å²) in [6.07, 6.45) is -0.904. The van der Waals surface area contributed by atoms with Gasteiger partial charge in [-0.3, -0.25) is 14.0 Å². The second-order valence-corrected chi connectivity index (χ2v) is 7.61. The third kappa shape index (κ3) is 4.17. The number of aromatic nitrogens is 3. The average Bonchev–Trinajstić information content (AvgIpc) is 2.99. The molecule has 1 aromatic carbocycles. The molecule has 9 nitrogen and oxygen atoms in total. The molecular formula is C17H16F2N4O5S. The van der Waals surface area contributed by atoms with E-state index in [0.29, 0.717) is 9.87 Å². The highest BCUT2D eigenvalue weighted by molar-refractivity contribution is 7.87. The van der Waals surface area contributed by atoms with Gasteiger partial charge in [0.1, 0.15) is 5.69 Å². The Labute approximate surface area is 164 Å². The molecule has 2 N–H and O–H groups in total. The maximum absolute atomic E-state index is 13.2. The zero-order valence-corrected chi connectivity index (χ0v) is 16.1. The number of carboxylic acids is 1. The molecule has 0 saturated heterocycles. The first kappa shape index (κ1) is 20.6. The van der Waals surface area contributed by atoms with Crippen molar-refractivity contribution in [2.24, 2.45) is 7.05 Å². The van der Waals surface area contributed by atoms with E-state index in [0.717, 1.165) is 6.07 Å². The van der Waals surface area contributed by atoms with Crippen LogP contribution >= 0.6 is 0 Å². The summed E-state index contributed by atoms with van der Waals surface area (Å²) < 4.78 is 62.2. The fourth-order valence-electron chi connectivity index (χ4n) is 3.01. The number of pyridine rings is 1. The van der Waals surface area contributed by atoms with Gasteiger partial charge in [-0.05, 0) is 36.2 Å². The molecule has 0 bridgehead atoms. The molecule has 0 radical (unpaired) electrons. The third-order valence-corrected chi connectivity index (χ3v) is 5.04. The van der Waals surface area contributed by atoms with Crippen molar-refractivity contribution in [3.05, 3.63) is 47.4 Å². The molecule has 0 aliphatic heterocycles. The largest absolute Gasteiger partial charge is 0.481 e. The van der Waals surface area contributed by atoms with Gasteiger partial charge in [-0.1, -0.05) is 0 Å². The highest BCUT2D eigenvalue weighted by Crippen LogP contribution is 2.35. The Morgan fingerprint density at radius 3 is 2.52 bits per heavy atom. The van der Waals surface area contributed by atoms with Crippen LogP contribution in [0.3, 0.4) is 0 Å². The highest BCUT2D eigenvalue weighted by Gasteiger charge is 2.26. The Bertz CT molecular complexity index is 1210. The number of carboxylic acid groups (broad SMARTS) is 1. The van der Waals surface area contributed by atoms with Gasteiger partial charge in [-0.15, -0.1) is 0 Å². The molecule has 0 unspecified atom stereocenters. The fraction of sp³-hybridized carbons (Fsp3) is 0.235. The minimum Gasteiger partial charge on any atom is -0.481 e. The van der Waals surface area contributed by atoms with Crippen LogP contribution < -0.4 is 4.31 Å². The van der Waals surface area contributed by atoms with E-state index < -0.39 is 34.8 Å². The van der Waals surface area contributed by atoms with Crippen LogP contribution in [0.5, 0.6) is 0 Å². The molecule has 0 fully saturated rings. The topological polar surface area (TPSA) is 126 Å². The van der Waals surface area contributed by atoms with Crippen molar-refractivity contribution >= 4 is 38.6 Å². The highest BCUT2D eigenvalue weighted by atomic mass is 32.2. The molecule has 3 rings (SSSR count). The van der Waals surface area contributed by atoms with Crippen LogP contribution in [0.25, 0.3) is 10.9 Å². The van der Waals surface area contributed by atoms with E-state index in [1.54, 1.807) is 7.05 Å². The Hall–Kier alpha value is -3.12. The molecule has 0 atom stereocenters. The number of benzene rings is 1. The number of carbonyl (C=O) groups is 1. The second-order valence-electron chi connectivity index (χ2n) is 6.35. The molecule has 3 aromatic rings. The summed E-state index contributed by atoms with van der Waals surface area (Å²) in [4.78, 5) is 15.1. The number of hydrogen-bond acceptors (Lipinski definition) is 5. The van der Waals surface area contributed by atoms with Crippen LogP contribution in [-0.2, 0) is 28.6 Å². The van der Waals surface area contributed by atoms with Crippen LogP contribution in [0.15, 0.2) is 30.6 Å². The monoisotopic (exact) mass is 426 g/mol. The van der Waals surface area contributed by atoms with Gasteiger partial charge >= 0.3 is 16.3 Å². The first-order valence-corrected chi connectivity index (χ1v) is 9.57. The first-order chi connectivity index (χ1) is 13.5. The number of aliphatic carboxylic acids is 1. The number of rotatable bonds is 6. The number of aryl methyl sites for hydroxylation is 2. The van der Waals surface area contributed by atoms with Gasteiger partial charge in [0, 0.05) is 18.6 Å². The number of halogens is 2. The van der Waals surface area contributed by atoms with Crippen LogP contribution in [0.4, 0.5) is 20.2 Å². The van der Waals surface area contributed by atoms with E-state index in [1.807, 2.05) is 0 Å². The lowest BCUT2D eigenvalue weighted by molar-refractivity contribution is -0.136. The average molecular weight is 426 g/mol. The second kappa shape index (κ2) is 7.37. The minimum atomic E-state index is -4.78. The summed E-state index contributed by atoms with van der Waals surface area (Å²) in [7, 11) is -3.23. The smallest absolute Gasteiger partial charge is 0.364 e. The lowest BCUT2D eigenvalue weighted by Gasteiger charge is -2.22. The number of nitrogens with zero attached hydrogens (tertiary/aromatic N) is 4. The Morgan fingerprint density at radius 1 is 1.31 bits per heavy atom. The summed E-state index contributed by atoms with van der Waals surface area (Å²) in [6, 6.07) is 3.63. The summed E-state index contributed by atoms with van der Waals surface area (Å²) in [5.41, 5.74) is -0.109. The van der Waals surface area contributed by atoms with Crippen molar-refractivity contribution in [2.45, 2.75) is 19.8 Å². The number of alkyl halides is 2. The van der Waals surface area contributed by atoms with Crippen molar-refractivity contribution in [1.82, 2.24) is 14.8 Å². The summed E-state index contributed by atoms with van der Waals surface area (Å²) in [5.74, 6) is -1.25. The van der Waals surface area contributed by atoms with E-state index in [2.05, 4.69) is 10.1 Å². The Kier molecular flexibility index (Phi) is 5.24. The molecule has 12 heteroatoms. The Morgan fingerprint density at radius 2 is 2.00 bits per heavy atom. The van der Waals surface area contributed by atoms with E-state index >= 15 is 0 Å². The summed E-state index contributed by atoms with van der Waals surface area (Å²) in [5, 5.41) is 13.2. The van der Waals surface area contributed by atoms with Gasteiger partial charge in [-0.2, -0.15) is 13.5 Å². The molecule has 2 aromatic heterocycles. The van der Waals surface area contributed by atoms with Gasteiger partial charge in [0.15, 0.2) is 0 Å². The standard InChI is InChI=1S/C17H16F2N4O5S/c1-9-3-13-12(10(5-16(24)25)4-14(21-13)17(18)19)6-15(9)23(29(26,27)28)11-7-20-22(2)8-11/h3-4,6-8,17H,5H2,1-2H3,(H,24,25)(H,26,27,28). The van der Waals surface area contributed by atoms with Crippen LogP contribution in [0, 0.1) is 6.92 Å². The minimum absolute atomic E-state index is 0.00577. The van der Waals surface area contributed by atoms with Gasteiger partial charge in [0.05, 0.1) is 29.5 Å². The zero-order valence-electron chi connectivity index (χ0n) is 15.2. The first-order valence-electron chi connectivity index (χ1n) is 8.18. The van der Waals surface area contributed by atoms with Gasteiger partial charge < -0.3 is 5.11 Å². The number of fused-ring (bicyclic) bond motifs is 1. The molecule has 0 amide bonds. The SMILES string of the molecule is Cc1cc2nc(C(F)F)cc(CC(=O)O)c2cc1N(c1cnn(C)c1)S(=O)(=O)O. The van der Waals surface area contributed by atoms with Crippen molar-refractivity contribution in [2.75, 3.05) is 4.31 Å². The van der Waals surface area contributed by atoms with E-state index in [9.17, 15) is 26.5 Å². The molecular weight excluding hydrogens is 410 g/mol. The van der Waals surface area contributed by atoms with Crippen molar-refractivity contribution in [3.8, 4) is 0 Å². The predicted molar refractivity (Wildman–Crippen MR) is 99.7 cm³/mol. The normalized spacial score (nSPS) is 11.9. The molecule has 154 valence electrons. The van der Waals surface area contributed by atoms with E-state index in [-0.39, 0.29) is 27.8 Å². The van der Waals surface area contributed by atoms with Gasteiger partial charge in [0.25, 0.3) is 6.43 Å². The van der Waals surface area contributed by atoms with Gasteiger partial charge in [0.2, 0.25) is 0 Å². The lowest BCUT2D eigenvalue weighted by atomic mass is 10.0. The van der Waals surface area contributed by atoms with Gasteiger partial charge in [-0.25, -0.2) is 18.1 Å².